The van der Waals surface area contributed by atoms with Gasteiger partial charge in [0.15, 0.2) is 5.60 Å². The number of fused-ring (bicyclic) bond motifs is 3. The highest BCUT2D eigenvalue weighted by Gasteiger charge is 2.44. The third kappa shape index (κ3) is 7.90. The molecule has 7 nitrogen and oxygen atoms in total. The monoisotopic (exact) mass is 715 g/mol. The zero-order chi connectivity index (χ0) is 36.9. The summed E-state index contributed by atoms with van der Waals surface area (Å²) in [5.74, 6) is -1.47. The minimum Gasteiger partial charge on any atom is -0.460 e. The fraction of sp³-hybridized carbons (Fsp3) is 0.250. The number of nitrogens with one attached hydrogen (secondary N) is 1. The number of rotatable bonds is 11. The van der Waals surface area contributed by atoms with Gasteiger partial charge in [-0.05, 0) is 62.4 Å². The van der Waals surface area contributed by atoms with E-state index in [4.69, 9.17) is 25.8 Å². The van der Waals surface area contributed by atoms with Crippen LogP contribution in [0.25, 0.3) is 11.1 Å². The molecule has 0 saturated heterocycles. The number of hydrogen-bond acceptors (Lipinski definition) is 6. The summed E-state index contributed by atoms with van der Waals surface area (Å²) in [4.78, 5) is 41.1. The third-order valence-electron chi connectivity index (χ3n) is 9.12. The van der Waals surface area contributed by atoms with E-state index in [-0.39, 0.29) is 25.4 Å². The molecule has 5 aromatic rings. The van der Waals surface area contributed by atoms with Gasteiger partial charge in [-0.1, -0.05) is 138 Å². The fourth-order valence-corrected chi connectivity index (χ4v) is 7.04. The van der Waals surface area contributed by atoms with E-state index in [2.05, 4.69) is 17.4 Å². The van der Waals surface area contributed by atoms with Crippen molar-refractivity contribution in [2.75, 3.05) is 6.61 Å². The van der Waals surface area contributed by atoms with Crippen molar-refractivity contribution in [1.82, 2.24) is 5.32 Å². The zero-order valence-electron chi connectivity index (χ0n) is 29.7. The Bertz CT molecular complexity index is 2010. The van der Waals surface area contributed by atoms with Crippen LogP contribution < -0.4 is 5.32 Å². The van der Waals surface area contributed by atoms with Gasteiger partial charge in [0.2, 0.25) is 0 Å². The predicted molar refractivity (Wildman–Crippen MR) is 202 cm³/mol. The third-order valence-corrected chi connectivity index (χ3v) is 9.45. The minimum atomic E-state index is -1.52. The Labute approximate surface area is 309 Å². The largest absolute Gasteiger partial charge is 0.460 e. The first kappa shape index (κ1) is 36.4. The quantitative estimate of drug-likeness (QED) is 0.0833. The lowest BCUT2D eigenvalue weighted by Gasteiger charge is -2.37. The normalized spacial score (nSPS) is 13.9. The molecule has 0 spiro atoms. The molecule has 1 amide bonds. The number of carbonyl (C=O) groups excluding carboxylic acids is 3. The highest BCUT2D eigenvalue weighted by atomic mass is 35.5. The van der Waals surface area contributed by atoms with Crippen LogP contribution in [0.4, 0.5) is 4.79 Å². The number of esters is 2. The number of carbonyl (C=O) groups is 3. The molecule has 1 N–H and O–H groups in total. The minimum absolute atomic E-state index is 0.0463. The van der Waals surface area contributed by atoms with Crippen LogP contribution in [0.2, 0.25) is 5.02 Å². The highest BCUT2D eigenvalue weighted by molar-refractivity contribution is 6.31. The molecule has 52 heavy (non-hydrogen) atoms. The smallest absolute Gasteiger partial charge is 0.407 e. The van der Waals surface area contributed by atoms with Crippen LogP contribution in [-0.2, 0) is 29.4 Å². The van der Waals surface area contributed by atoms with Crippen molar-refractivity contribution in [3.63, 3.8) is 0 Å². The van der Waals surface area contributed by atoms with Crippen molar-refractivity contribution in [2.24, 2.45) is 0 Å². The van der Waals surface area contributed by atoms with Crippen LogP contribution in [-0.4, -0.2) is 36.3 Å². The molecular weight excluding hydrogens is 674 g/mol. The van der Waals surface area contributed by atoms with Gasteiger partial charge < -0.3 is 19.5 Å². The number of aryl methyl sites for hydroxylation is 1. The topological polar surface area (TPSA) is 90.9 Å². The van der Waals surface area contributed by atoms with Gasteiger partial charge in [0.1, 0.15) is 18.2 Å². The molecule has 0 aliphatic heterocycles. The number of benzene rings is 5. The summed E-state index contributed by atoms with van der Waals surface area (Å²) in [5.41, 5.74) is 4.91. The molecule has 0 heterocycles. The van der Waals surface area contributed by atoms with Gasteiger partial charge in [0.25, 0.3) is 0 Å². The zero-order valence-corrected chi connectivity index (χ0v) is 30.5. The van der Waals surface area contributed by atoms with Crippen molar-refractivity contribution in [1.29, 1.82) is 0 Å². The Kier molecular flexibility index (Phi) is 10.8. The van der Waals surface area contributed by atoms with Crippen LogP contribution in [0, 0.1) is 6.92 Å². The molecule has 1 aliphatic carbocycles. The molecule has 1 unspecified atom stereocenters. The van der Waals surface area contributed by atoms with Gasteiger partial charge in [-0.2, -0.15) is 0 Å². The lowest BCUT2D eigenvalue weighted by atomic mass is 9.79. The number of alkyl carbamates (subject to hydrolysis) is 1. The Balaban J connectivity index is 1.32. The average molecular weight is 716 g/mol. The Morgan fingerprint density at radius 1 is 0.712 bits per heavy atom. The first-order valence-corrected chi connectivity index (χ1v) is 17.8. The van der Waals surface area contributed by atoms with E-state index in [9.17, 15) is 14.4 Å². The van der Waals surface area contributed by atoms with Crippen LogP contribution in [0.1, 0.15) is 72.9 Å². The van der Waals surface area contributed by atoms with E-state index in [1.54, 1.807) is 32.9 Å². The van der Waals surface area contributed by atoms with Gasteiger partial charge in [-0.25, -0.2) is 9.59 Å². The number of hydrogen-bond donors (Lipinski definition) is 1. The van der Waals surface area contributed by atoms with Gasteiger partial charge in [-0.15, -0.1) is 0 Å². The maximum atomic E-state index is 14.6. The molecule has 5 aromatic carbocycles. The van der Waals surface area contributed by atoms with E-state index >= 15 is 0 Å². The molecule has 2 atom stereocenters. The predicted octanol–water partition coefficient (Wildman–Crippen LogP) is 9.51. The summed E-state index contributed by atoms with van der Waals surface area (Å²) < 4.78 is 18.0. The van der Waals surface area contributed by atoms with E-state index in [0.29, 0.717) is 21.7 Å². The second kappa shape index (κ2) is 15.5. The SMILES string of the molecule is Cc1ccc(C(OC(=O)[C@H](CCC(=O)OC(C)(C)C)NC(=O)OCC2c3ccccc3-c3ccccc32)(c2ccccc2)c2ccccc2Cl)cc1. The molecule has 0 fully saturated rings. The van der Waals surface area contributed by atoms with Crippen LogP contribution >= 0.6 is 11.6 Å². The molecule has 1 aliphatic rings. The van der Waals surface area contributed by atoms with E-state index < -0.39 is 35.3 Å². The summed E-state index contributed by atoms with van der Waals surface area (Å²) >= 11 is 6.88. The van der Waals surface area contributed by atoms with Crippen molar-refractivity contribution in [2.45, 2.75) is 63.7 Å². The van der Waals surface area contributed by atoms with Gasteiger partial charge in [0.05, 0.1) is 0 Å². The second-order valence-electron chi connectivity index (χ2n) is 14.0. The Hall–Kier alpha value is -5.40. The number of amides is 1. The summed E-state index contributed by atoms with van der Waals surface area (Å²) in [5, 5.41) is 3.11. The van der Waals surface area contributed by atoms with Crippen molar-refractivity contribution < 1.29 is 28.6 Å². The highest BCUT2D eigenvalue weighted by Crippen LogP contribution is 2.45. The summed E-state index contributed by atoms with van der Waals surface area (Å²) in [6.45, 7) is 7.33. The number of ether oxygens (including phenoxy) is 3. The van der Waals surface area contributed by atoms with Crippen molar-refractivity contribution in [3.8, 4) is 11.1 Å². The molecule has 0 aromatic heterocycles. The lowest BCUT2D eigenvalue weighted by Crippen LogP contribution is -2.47. The van der Waals surface area contributed by atoms with E-state index in [0.717, 1.165) is 27.8 Å². The van der Waals surface area contributed by atoms with Crippen LogP contribution in [0.3, 0.4) is 0 Å². The maximum Gasteiger partial charge on any atom is 0.407 e. The standard InChI is InChI=1S/C44H42ClNO6/c1-29-22-24-31(25-23-29)44(30-14-6-5-7-15-30,37-20-12-13-21-38(37)45)52-41(48)39(26-27-40(47)51-43(2,3)4)46-42(49)50-28-36-34-18-10-8-16-32(34)33-17-9-11-19-35(33)36/h5-25,36,39H,26-28H2,1-4H3,(H,46,49)/t39-,44?/m0/s1. The summed E-state index contributed by atoms with van der Waals surface area (Å²) in [6, 6.07) is 39.0. The molecule has 8 heteroatoms. The van der Waals surface area contributed by atoms with E-state index in [1.165, 1.54) is 0 Å². The first-order chi connectivity index (χ1) is 25.0. The van der Waals surface area contributed by atoms with Gasteiger partial charge in [0, 0.05) is 34.1 Å². The van der Waals surface area contributed by atoms with Crippen LogP contribution in [0.15, 0.2) is 127 Å². The van der Waals surface area contributed by atoms with Gasteiger partial charge in [-0.3, -0.25) is 4.79 Å². The summed E-state index contributed by atoms with van der Waals surface area (Å²) in [7, 11) is 0. The van der Waals surface area contributed by atoms with Crippen molar-refractivity contribution in [3.05, 3.63) is 166 Å². The van der Waals surface area contributed by atoms with Crippen molar-refractivity contribution >= 4 is 29.6 Å². The van der Waals surface area contributed by atoms with Crippen LogP contribution in [0.5, 0.6) is 0 Å². The molecular formula is C44H42ClNO6. The Morgan fingerprint density at radius 2 is 1.27 bits per heavy atom. The molecule has 6 rings (SSSR count). The number of halogens is 1. The Morgan fingerprint density at radius 3 is 1.88 bits per heavy atom. The maximum absolute atomic E-state index is 14.6. The molecule has 0 saturated carbocycles. The molecule has 266 valence electrons. The average Bonchev–Trinajstić information content (AvgIpc) is 3.45. The summed E-state index contributed by atoms with van der Waals surface area (Å²) in [6.07, 6.45) is -1.07. The van der Waals surface area contributed by atoms with E-state index in [1.807, 2.05) is 110 Å². The first-order valence-electron chi connectivity index (χ1n) is 17.4. The lowest BCUT2D eigenvalue weighted by molar-refractivity contribution is -0.158. The second-order valence-corrected chi connectivity index (χ2v) is 14.4. The fourth-order valence-electron chi connectivity index (χ4n) is 6.77. The molecule has 0 bridgehead atoms. The molecule has 0 radical (unpaired) electrons. The van der Waals surface area contributed by atoms with Gasteiger partial charge >= 0.3 is 18.0 Å².